The number of carbonyl (C=O) groups excluding carboxylic acids is 2. The smallest absolute Gasteiger partial charge is 0.325 e. The second-order valence-electron chi connectivity index (χ2n) is 5.66. The number of halogens is 2. The molecule has 9 heteroatoms. The summed E-state index contributed by atoms with van der Waals surface area (Å²) in [5.41, 5.74) is 0.271. The minimum Gasteiger partial charge on any atom is -0.494 e. The number of benzene rings is 2. The topological polar surface area (TPSA) is 69.9 Å². The average Bonchev–Trinajstić information content (AvgIpc) is 2.99. The van der Waals surface area contributed by atoms with Gasteiger partial charge in [-0.3, -0.25) is 9.59 Å². The van der Waals surface area contributed by atoms with Crippen molar-refractivity contribution >= 4 is 33.4 Å². The van der Waals surface area contributed by atoms with Crippen LogP contribution in [-0.2, 0) is 16.1 Å². The number of ether oxygens (including phenoxy) is 2. The van der Waals surface area contributed by atoms with Gasteiger partial charge in [-0.2, -0.15) is 4.99 Å². The molecule has 0 radical (unpaired) electrons. The highest BCUT2D eigenvalue weighted by Gasteiger charge is 2.17. The summed E-state index contributed by atoms with van der Waals surface area (Å²) in [6.07, 6.45) is 0. The number of hydrogen-bond acceptors (Lipinski definition) is 5. The summed E-state index contributed by atoms with van der Waals surface area (Å²) in [6, 6.07) is 8.20. The molecule has 3 rings (SSSR count). The first-order valence-corrected chi connectivity index (χ1v) is 9.11. The van der Waals surface area contributed by atoms with E-state index < -0.39 is 23.5 Å². The summed E-state index contributed by atoms with van der Waals surface area (Å²) >= 11 is 0.902. The molecule has 28 heavy (non-hydrogen) atoms. The summed E-state index contributed by atoms with van der Waals surface area (Å²) in [7, 11) is 1.19. The van der Waals surface area contributed by atoms with Crippen molar-refractivity contribution in [1.82, 2.24) is 4.57 Å². The number of fused-ring (bicyclic) bond motifs is 1. The number of methoxy groups -OCH3 is 1. The van der Waals surface area contributed by atoms with E-state index in [9.17, 15) is 18.4 Å². The van der Waals surface area contributed by atoms with E-state index in [1.54, 1.807) is 24.3 Å². The molecule has 1 aromatic heterocycles. The number of carbonyl (C=O) groups is 2. The Balaban J connectivity index is 2.09. The van der Waals surface area contributed by atoms with Crippen LogP contribution in [0.25, 0.3) is 10.2 Å². The van der Waals surface area contributed by atoms with E-state index in [0.717, 1.165) is 17.4 Å². The monoisotopic (exact) mass is 406 g/mol. The number of thiazole rings is 1. The molecule has 0 saturated heterocycles. The second kappa shape index (κ2) is 8.30. The van der Waals surface area contributed by atoms with E-state index in [4.69, 9.17) is 4.74 Å². The van der Waals surface area contributed by atoms with Crippen LogP contribution in [0.4, 0.5) is 8.78 Å². The van der Waals surface area contributed by atoms with Crippen LogP contribution < -0.4 is 9.54 Å². The Hall–Kier alpha value is -3.07. The number of hydrogen-bond donors (Lipinski definition) is 0. The van der Waals surface area contributed by atoms with Gasteiger partial charge in [-0.05, 0) is 37.3 Å². The van der Waals surface area contributed by atoms with Gasteiger partial charge in [0, 0.05) is 11.6 Å². The Morgan fingerprint density at radius 2 is 1.89 bits per heavy atom. The molecule has 2 aromatic carbocycles. The minimum absolute atomic E-state index is 0.0185. The maximum atomic E-state index is 14.3. The van der Waals surface area contributed by atoms with E-state index in [1.807, 2.05) is 6.92 Å². The summed E-state index contributed by atoms with van der Waals surface area (Å²) in [5, 5.41) is 0. The van der Waals surface area contributed by atoms with E-state index in [2.05, 4.69) is 9.73 Å². The average molecular weight is 406 g/mol. The maximum absolute atomic E-state index is 14.3. The van der Waals surface area contributed by atoms with Gasteiger partial charge in [-0.15, -0.1) is 0 Å². The van der Waals surface area contributed by atoms with Crippen molar-refractivity contribution < 1.29 is 27.8 Å². The molecule has 0 spiro atoms. The number of aromatic nitrogens is 1. The van der Waals surface area contributed by atoms with Crippen LogP contribution in [0.2, 0.25) is 0 Å². The molecule has 3 aromatic rings. The number of nitrogens with zero attached hydrogens (tertiary/aromatic N) is 2. The van der Waals surface area contributed by atoms with Crippen LogP contribution in [-0.4, -0.2) is 30.2 Å². The summed E-state index contributed by atoms with van der Waals surface area (Å²) in [6.45, 7) is 1.97. The lowest BCUT2D eigenvalue weighted by atomic mass is 10.2. The Labute approximate surface area is 162 Å². The fraction of sp³-hybridized carbons (Fsp3) is 0.211. The highest BCUT2D eigenvalue weighted by atomic mass is 32.1. The van der Waals surface area contributed by atoms with Gasteiger partial charge in [0.15, 0.2) is 10.6 Å². The Morgan fingerprint density at radius 1 is 1.18 bits per heavy atom. The number of amides is 1. The van der Waals surface area contributed by atoms with Crippen LogP contribution in [0.3, 0.4) is 0 Å². The van der Waals surface area contributed by atoms with E-state index in [1.165, 1.54) is 11.7 Å². The Morgan fingerprint density at radius 3 is 2.54 bits per heavy atom. The first-order valence-electron chi connectivity index (χ1n) is 8.30. The predicted octanol–water partition coefficient (Wildman–Crippen LogP) is 3.29. The first-order chi connectivity index (χ1) is 13.4. The largest absolute Gasteiger partial charge is 0.494 e. The van der Waals surface area contributed by atoms with Crippen LogP contribution in [0.1, 0.15) is 17.3 Å². The van der Waals surface area contributed by atoms with E-state index in [0.29, 0.717) is 18.4 Å². The zero-order chi connectivity index (χ0) is 20.3. The SMILES string of the molecule is CCOc1ccc(C(=O)N=c2sc3cc(F)cc(F)c3n2CC(=O)OC)cc1. The zero-order valence-corrected chi connectivity index (χ0v) is 15.9. The fourth-order valence-corrected chi connectivity index (χ4v) is 3.63. The van der Waals surface area contributed by atoms with Crippen LogP contribution in [0, 0.1) is 11.6 Å². The molecule has 0 aliphatic rings. The molecular formula is C19H16F2N2O4S. The van der Waals surface area contributed by atoms with E-state index in [-0.39, 0.29) is 27.1 Å². The fourth-order valence-electron chi connectivity index (χ4n) is 2.57. The van der Waals surface area contributed by atoms with Crippen LogP contribution in [0.5, 0.6) is 5.75 Å². The van der Waals surface area contributed by atoms with Crippen molar-refractivity contribution in [3.05, 3.63) is 58.4 Å². The van der Waals surface area contributed by atoms with Crippen molar-refractivity contribution in [3.8, 4) is 5.75 Å². The van der Waals surface area contributed by atoms with Crippen molar-refractivity contribution in [2.75, 3.05) is 13.7 Å². The van der Waals surface area contributed by atoms with Crippen molar-refractivity contribution in [2.24, 2.45) is 4.99 Å². The lowest BCUT2D eigenvalue weighted by Gasteiger charge is -2.05. The van der Waals surface area contributed by atoms with Gasteiger partial charge in [-0.25, -0.2) is 8.78 Å². The van der Waals surface area contributed by atoms with E-state index >= 15 is 0 Å². The number of rotatable bonds is 5. The summed E-state index contributed by atoms with van der Waals surface area (Å²) in [4.78, 5) is 28.3. The molecule has 6 nitrogen and oxygen atoms in total. The quantitative estimate of drug-likeness (QED) is 0.610. The molecule has 0 aliphatic carbocycles. The van der Waals surface area contributed by atoms with Crippen molar-refractivity contribution in [1.29, 1.82) is 0 Å². The van der Waals surface area contributed by atoms with Crippen LogP contribution in [0.15, 0.2) is 41.4 Å². The van der Waals surface area contributed by atoms with Gasteiger partial charge in [0.05, 0.1) is 23.9 Å². The van der Waals surface area contributed by atoms with Crippen molar-refractivity contribution in [3.63, 3.8) is 0 Å². The van der Waals surface area contributed by atoms with Gasteiger partial charge in [0.1, 0.15) is 18.1 Å². The molecule has 0 aliphatic heterocycles. The molecule has 1 amide bonds. The molecule has 0 atom stereocenters. The number of esters is 1. The van der Waals surface area contributed by atoms with Gasteiger partial charge < -0.3 is 14.0 Å². The lowest BCUT2D eigenvalue weighted by Crippen LogP contribution is -2.22. The lowest BCUT2D eigenvalue weighted by molar-refractivity contribution is -0.141. The predicted molar refractivity (Wildman–Crippen MR) is 99.3 cm³/mol. The summed E-state index contributed by atoms with van der Waals surface area (Å²) in [5.74, 6) is -2.25. The highest BCUT2D eigenvalue weighted by Crippen LogP contribution is 2.22. The van der Waals surface area contributed by atoms with Gasteiger partial charge in [0.2, 0.25) is 0 Å². The molecule has 0 bridgehead atoms. The molecule has 0 fully saturated rings. The maximum Gasteiger partial charge on any atom is 0.325 e. The van der Waals surface area contributed by atoms with Crippen molar-refractivity contribution in [2.45, 2.75) is 13.5 Å². The third kappa shape index (κ3) is 4.09. The molecule has 0 N–H and O–H groups in total. The minimum atomic E-state index is -0.856. The normalized spacial score (nSPS) is 11.6. The van der Waals surface area contributed by atoms with Crippen LogP contribution >= 0.6 is 11.3 Å². The standard InChI is InChI=1S/C19H16F2N2O4S/c1-3-27-13-6-4-11(5-7-13)18(25)22-19-23(10-16(24)26-2)17-14(21)8-12(20)9-15(17)28-19/h4-9H,3,10H2,1-2H3. The molecule has 146 valence electrons. The van der Waals surface area contributed by atoms with Gasteiger partial charge in [0.25, 0.3) is 5.91 Å². The van der Waals surface area contributed by atoms with Gasteiger partial charge in [-0.1, -0.05) is 11.3 Å². The second-order valence-corrected chi connectivity index (χ2v) is 6.66. The first kappa shape index (κ1) is 19.7. The third-order valence-electron chi connectivity index (χ3n) is 3.82. The van der Waals surface area contributed by atoms with Gasteiger partial charge >= 0.3 is 5.97 Å². The summed E-state index contributed by atoms with van der Waals surface area (Å²) < 4.78 is 39.2. The Kier molecular flexibility index (Phi) is 5.84. The molecule has 0 saturated carbocycles. The molecular weight excluding hydrogens is 390 g/mol. The molecule has 1 heterocycles. The third-order valence-corrected chi connectivity index (χ3v) is 4.84. The Bertz CT molecular complexity index is 1100. The zero-order valence-electron chi connectivity index (χ0n) is 15.1. The highest BCUT2D eigenvalue weighted by molar-refractivity contribution is 7.16. The molecule has 0 unspecified atom stereocenters.